The van der Waals surface area contributed by atoms with Crippen molar-refractivity contribution in [3.63, 3.8) is 0 Å². The molecule has 2 atom stereocenters. The van der Waals surface area contributed by atoms with Crippen molar-refractivity contribution in [1.82, 2.24) is 0 Å². The van der Waals surface area contributed by atoms with Gasteiger partial charge in [-0.15, -0.1) is 0 Å². The average Bonchev–Trinajstić information content (AvgIpc) is 3.00. The van der Waals surface area contributed by atoms with Crippen LogP contribution in [-0.4, -0.2) is 18.3 Å². The Kier molecular flexibility index (Phi) is 2.05. The summed E-state index contributed by atoms with van der Waals surface area (Å²) in [7, 11) is 0. The van der Waals surface area contributed by atoms with Crippen molar-refractivity contribution in [3.05, 3.63) is 29.3 Å². The Morgan fingerprint density at radius 1 is 1.44 bits per heavy atom. The van der Waals surface area contributed by atoms with Crippen molar-refractivity contribution in [1.29, 1.82) is 0 Å². The number of rotatable bonds is 2. The van der Waals surface area contributed by atoms with E-state index in [-0.39, 0.29) is 5.41 Å². The molecule has 1 N–H and O–H groups in total. The standard InChI is InChI=1S/C14H18O2/c1-14(2)8-16-13-4-3-9(6-12(13)14)11-5-10(11)7-15/h3-4,6,10-11,15H,5,7-8H2,1-2H3/t10-,11-/m1/s1. The number of hydrogen-bond acceptors (Lipinski definition) is 2. The zero-order chi connectivity index (χ0) is 11.3. The summed E-state index contributed by atoms with van der Waals surface area (Å²) >= 11 is 0. The van der Waals surface area contributed by atoms with E-state index < -0.39 is 0 Å². The molecule has 1 aliphatic carbocycles. The Morgan fingerprint density at radius 2 is 2.25 bits per heavy atom. The first kappa shape index (κ1) is 10.2. The highest BCUT2D eigenvalue weighted by Crippen LogP contribution is 2.49. The summed E-state index contributed by atoms with van der Waals surface area (Å²) in [4.78, 5) is 0. The van der Waals surface area contributed by atoms with Crippen molar-refractivity contribution >= 4 is 0 Å². The molecule has 86 valence electrons. The molecule has 0 unspecified atom stereocenters. The molecule has 1 aromatic rings. The summed E-state index contributed by atoms with van der Waals surface area (Å²) in [5, 5.41) is 9.11. The summed E-state index contributed by atoms with van der Waals surface area (Å²) in [6, 6.07) is 6.52. The monoisotopic (exact) mass is 218 g/mol. The second-order valence-electron chi connectivity index (χ2n) is 5.71. The molecule has 0 spiro atoms. The maximum Gasteiger partial charge on any atom is 0.123 e. The maximum absolute atomic E-state index is 9.11. The van der Waals surface area contributed by atoms with Crippen LogP contribution < -0.4 is 4.74 Å². The average molecular weight is 218 g/mol. The van der Waals surface area contributed by atoms with Gasteiger partial charge in [-0.3, -0.25) is 0 Å². The fourth-order valence-corrected chi connectivity index (χ4v) is 2.63. The molecule has 2 aliphatic rings. The largest absolute Gasteiger partial charge is 0.492 e. The van der Waals surface area contributed by atoms with Gasteiger partial charge in [0.1, 0.15) is 5.75 Å². The highest BCUT2D eigenvalue weighted by atomic mass is 16.5. The minimum Gasteiger partial charge on any atom is -0.492 e. The van der Waals surface area contributed by atoms with Gasteiger partial charge in [0.15, 0.2) is 0 Å². The summed E-state index contributed by atoms with van der Waals surface area (Å²) in [5.74, 6) is 2.10. The Balaban J connectivity index is 1.94. The molecule has 1 saturated carbocycles. The van der Waals surface area contributed by atoms with Crippen LogP contribution in [0.1, 0.15) is 37.3 Å². The molecule has 0 saturated heterocycles. The quantitative estimate of drug-likeness (QED) is 0.826. The van der Waals surface area contributed by atoms with Crippen LogP contribution in [0.5, 0.6) is 5.75 Å². The molecule has 16 heavy (non-hydrogen) atoms. The van der Waals surface area contributed by atoms with E-state index >= 15 is 0 Å². The highest BCUT2D eigenvalue weighted by Gasteiger charge is 2.39. The van der Waals surface area contributed by atoms with E-state index in [2.05, 4.69) is 32.0 Å². The normalized spacial score (nSPS) is 29.7. The number of ether oxygens (including phenoxy) is 1. The van der Waals surface area contributed by atoms with Gasteiger partial charge in [-0.25, -0.2) is 0 Å². The van der Waals surface area contributed by atoms with Crippen molar-refractivity contribution in [2.75, 3.05) is 13.2 Å². The molecule has 1 aromatic carbocycles. The van der Waals surface area contributed by atoms with Crippen molar-refractivity contribution in [2.24, 2.45) is 5.92 Å². The number of hydrogen-bond donors (Lipinski definition) is 1. The minimum absolute atomic E-state index is 0.134. The van der Waals surface area contributed by atoms with Gasteiger partial charge >= 0.3 is 0 Å². The van der Waals surface area contributed by atoms with E-state index in [1.165, 1.54) is 11.1 Å². The zero-order valence-electron chi connectivity index (χ0n) is 9.86. The molecule has 0 bridgehead atoms. The lowest BCUT2D eigenvalue weighted by atomic mass is 9.85. The lowest BCUT2D eigenvalue weighted by molar-refractivity contribution is 0.274. The molecule has 0 radical (unpaired) electrons. The van der Waals surface area contributed by atoms with Crippen molar-refractivity contribution < 1.29 is 9.84 Å². The molecular formula is C14H18O2. The lowest BCUT2D eigenvalue weighted by Gasteiger charge is -2.15. The van der Waals surface area contributed by atoms with Gasteiger partial charge in [0.25, 0.3) is 0 Å². The van der Waals surface area contributed by atoms with Crippen LogP contribution >= 0.6 is 0 Å². The zero-order valence-corrected chi connectivity index (χ0v) is 9.86. The highest BCUT2D eigenvalue weighted by molar-refractivity contribution is 5.46. The van der Waals surface area contributed by atoms with Crippen LogP contribution in [0.15, 0.2) is 18.2 Å². The fraction of sp³-hybridized carbons (Fsp3) is 0.571. The molecule has 2 heteroatoms. The van der Waals surface area contributed by atoms with E-state index in [1.54, 1.807) is 0 Å². The van der Waals surface area contributed by atoms with E-state index in [0.717, 1.165) is 18.8 Å². The van der Waals surface area contributed by atoms with E-state index in [0.29, 0.717) is 18.4 Å². The van der Waals surface area contributed by atoms with E-state index in [4.69, 9.17) is 9.84 Å². The van der Waals surface area contributed by atoms with Crippen molar-refractivity contribution in [2.45, 2.75) is 31.6 Å². The second kappa shape index (κ2) is 3.24. The first-order chi connectivity index (χ1) is 7.62. The van der Waals surface area contributed by atoms with Gasteiger partial charge in [-0.2, -0.15) is 0 Å². The van der Waals surface area contributed by atoms with Gasteiger partial charge in [-0.05, 0) is 29.9 Å². The fourth-order valence-electron chi connectivity index (χ4n) is 2.63. The van der Waals surface area contributed by atoms with Crippen LogP contribution in [0.2, 0.25) is 0 Å². The molecule has 0 aromatic heterocycles. The summed E-state index contributed by atoms with van der Waals surface area (Å²) in [6.45, 7) is 5.54. The predicted octanol–water partition coefficient (Wildman–Crippen LogP) is 2.45. The topological polar surface area (TPSA) is 29.5 Å². The summed E-state index contributed by atoms with van der Waals surface area (Å²) in [5.41, 5.74) is 2.83. The molecule has 2 nitrogen and oxygen atoms in total. The van der Waals surface area contributed by atoms with Gasteiger partial charge in [0, 0.05) is 17.6 Å². The SMILES string of the molecule is CC1(C)COc2ccc([C@H]3C[C@@H]3CO)cc21. The van der Waals surface area contributed by atoms with Crippen LogP contribution in [0.4, 0.5) is 0 Å². The Labute approximate surface area is 96.2 Å². The number of fused-ring (bicyclic) bond motifs is 1. The Hall–Kier alpha value is -1.02. The number of aliphatic hydroxyl groups excluding tert-OH is 1. The minimum atomic E-state index is 0.134. The molecular weight excluding hydrogens is 200 g/mol. The van der Waals surface area contributed by atoms with Gasteiger partial charge in [0.2, 0.25) is 0 Å². The molecule has 1 fully saturated rings. The molecule has 0 amide bonds. The Bertz CT molecular complexity index is 423. The van der Waals surface area contributed by atoms with Crippen LogP contribution in [-0.2, 0) is 5.41 Å². The third-order valence-corrected chi connectivity index (χ3v) is 3.91. The van der Waals surface area contributed by atoms with Crippen molar-refractivity contribution in [3.8, 4) is 5.75 Å². The molecule has 3 rings (SSSR count). The van der Waals surface area contributed by atoms with Gasteiger partial charge in [-0.1, -0.05) is 26.0 Å². The van der Waals surface area contributed by atoms with Gasteiger partial charge in [0.05, 0.1) is 6.61 Å². The van der Waals surface area contributed by atoms with Crippen LogP contribution in [0.3, 0.4) is 0 Å². The molecule has 1 heterocycles. The van der Waals surface area contributed by atoms with E-state index in [9.17, 15) is 0 Å². The first-order valence-corrected chi connectivity index (χ1v) is 6.00. The lowest BCUT2D eigenvalue weighted by Crippen LogP contribution is -2.18. The summed E-state index contributed by atoms with van der Waals surface area (Å²) in [6.07, 6.45) is 1.14. The molecule has 1 aliphatic heterocycles. The second-order valence-corrected chi connectivity index (χ2v) is 5.71. The predicted molar refractivity (Wildman–Crippen MR) is 62.9 cm³/mol. The third-order valence-electron chi connectivity index (χ3n) is 3.91. The van der Waals surface area contributed by atoms with Gasteiger partial charge < -0.3 is 9.84 Å². The van der Waals surface area contributed by atoms with Crippen LogP contribution in [0, 0.1) is 5.92 Å². The van der Waals surface area contributed by atoms with Crippen LogP contribution in [0.25, 0.3) is 0 Å². The Morgan fingerprint density at radius 3 is 2.94 bits per heavy atom. The maximum atomic E-state index is 9.11. The number of aliphatic hydroxyl groups is 1. The van der Waals surface area contributed by atoms with E-state index in [1.807, 2.05) is 0 Å². The first-order valence-electron chi connectivity index (χ1n) is 6.00. The number of benzene rings is 1. The smallest absolute Gasteiger partial charge is 0.123 e. The summed E-state index contributed by atoms with van der Waals surface area (Å²) < 4.78 is 5.67. The third kappa shape index (κ3) is 1.44.